The zero-order chi connectivity index (χ0) is 16.0. The van der Waals surface area contributed by atoms with Crippen LogP contribution in [0.5, 0.6) is 0 Å². The van der Waals surface area contributed by atoms with E-state index in [4.69, 9.17) is 5.73 Å². The second-order valence-electron chi connectivity index (χ2n) is 5.97. The van der Waals surface area contributed by atoms with Gasteiger partial charge in [-0.25, -0.2) is 9.67 Å². The highest BCUT2D eigenvalue weighted by atomic mass is 19.4. The summed E-state index contributed by atoms with van der Waals surface area (Å²) in [7, 11) is 1.65. The van der Waals surface area contributed by atoms with Gasteiger partial charge in [0.05, 0.1) is 5.56 Å². The van der Waals surface area contributed by atoms with Crippen molar-refractivity contribution in [3.05, 3.63) is 29.6 Å². The van der Waals surface area contributed by atoms with Gasteiger partial charge in [-0.15, -0.1) is 0 Å². The molecule has 21 heavy (non-hydrogen) atoms. The molecule has 0 aliphatic carbocycles. The molecule has 0 aliphatic rings. The van der Waals surface area contributed by atoms with Crippen LogP contribution in [0.4, 0.5) is 18.9 Å². The molecular weight excluding hydrogens is 281 g/mol. The molecule has 7 heteroatoms. The first kappa shape index (κ1) is 15.3. The SMILES string of the molecule is Cn1nc(C(C)(C)C)nc1-c1cc(N)cc(C(F)(F)F)c1. The summed E-state index contributed by atoms with van der Waals surface area (Å²) < 4.78 is 40.0. The third-order valence-electron chi connectivity index (χ3n) is 2.97. The number of alkyl halides is 3. The molecule has 0 unspecified atom stereocenters. The van der Waals surface area contributed by atoms with Crippen molar-refractivity contribution in [3.63, 3.8) is 0 Å². The lowest BCUT2D eigenvalue weighted by atomic mass is 9.96. The number of anilines is 1. The lowest BCUT2D eigenvalue weighted by Gasteiger charge is -2.12. The van der Waals surface area contributed by atoms with Crippen molar-refractivity contribution in [2.45, 2.75) is 32.4 Å². The van der Waals surface area contributed by atoms with Gasteiger partial charge < -0.3 is 5.73 Å². The fourth-order valence-electron chi connectivity index (χ4n) is 1.90. The Labute approximate surface area is 120 Å². The van der Waals surface area contributed by atoms with Crippen LogP contribution in [0.15, 0.2) is 18.2 Å². The van der Waals surface area contributed by atoms with E-state index in [1.165, 1.54) is 10.7 Å². The van der Waals surface area contributed by atoms with Gasteiger partial charge in [0, 0.05) is 23.7 Å². The smallest absolute Gasteiger partial charge is 0.399 e. The molecule has 2 aromatic rings. The van der Waals surface area contributed by atoms with Crippen LogP contribution < -0.4 is 5.73 Å². The van der Waals surface area contributed by atoms with Crippen molar-refractivity contribution in [2.24, 2.45) is 7.05 Å². The average Bonchev–Trinajstić information content (AvgIpc) is 2.69. The van der Waals surface area contributed by atoms with E-state index in [9.17, 15) is 13.2 Å². The van der Waals surface area contributed by atoms with Crippen molar-refractivity contribution >= 4 is 5.69 Å². The third kappa shape index (κ3) is 3.17. The Hall–Kier alpha value is -2.05. The standard InChI is InChI=1S/C14H17F3N4/c1-13(2,3)12-19-11(21(4)20-12)8-5-9(14(15,16)17)7-10(18)6-8/h5-7H,18H2,1-4H3. The molecule has 0 amide bonds. The molecule has 4 nitrogen and oxygen atoms in total. The monoisotopic (exact) mass is 298 g/mol. The van der Waals surface area contributed by atoms with Gasteiger partial charge in [-0.2, -0.15) is 18.3 Å². The van der Waals surface area contributed by atoms with Crippen LogP contribution in [-0.4, -0.2) is 14.8 Å². The number of nitrogens with zero attached hydrogens (tertiary/aromatic N) is 3. The number of aromatic nitrogens is 3. The van der Waals surface area contributed by atoms with E-state index < -0.39 is 11.7 Å². The molecule has 1 heterocycles. The van der Waals surface area contributed by atoms with E-state index in [0.717, 1.165) is 12.1 Å². The van der Waals surface area contributed by atoms with Crippen molar-refractivity contribution in [1.82, 2.24) is 14.8 Å². The first-order valence-electron chi connectivity index (χ1n) is 6.38. The molecule has 0 aliphatic heterocycles. The van der Waals surface area contributed by atoms with Gasteiger partial charge in [0.1, 0.15) is 0 Å². The normalized spacial score (nSPS) is 12.7. The molecule has 1 aromatic carbocycles. The van der Waals surface area contributed by atoms with E-state index in [2.05, 4.69) is 10.1 Å². The Morgan fingerprint density at radius 2 is 1.71 bits per heavy atom. The highest BCUT2D eigenvalue weighted by Crippen LogP contribution is 2.34. The summed E-state index contributed by atoms with van der Waals surface area (Å²) in [6, 6.07) is 3.41. The van der Waals surface area contributed by atoms with Gasteiger partial charge in [-0.05, 0) is 18.2 Å². The number of halogens is 3. The van der Waals surface area contributed by atoms with Crippen LogP contribution in [0, 0.1) is 0 Å². The van der Waals surface area contributed by atoms with E-state index in [0.29, 0.717) is 17.2 Å². The van der Waals surface area contributed by atoms with Gasteiger partial charge >= 0.3 is 6.18 Å². The van der Waals surface area contributed by atoms with E-state index in [1.54, 1.807) is 7.05 Å². The molecule has 114 valence electrons. The average molecular weight is 298 g/mol. The molecule has 0 spiro atoms. The van der Waals surface area contributed by atoms with Crippen LogP contribution in [0.25, 0.3) is 11.4 Å². The first-order chi connectivity index (χ1) is 9.48. The molecule has 0 radical (unpaired) electrons. The third-order valence-corrected chi connectivity index (χ3v) is 2.97. The Balaban J connectivity index is 2.57. The summed E-state index contributed by atoms with van der Waals surface area (Å²) in [5.74, 6) is 0.925. The number of aryl methyl sites for hydroxylation is 1. The number of hydrogen-bond acceptors (Lipinski definition) is 3. The Bertz CT molecular complexity index is 666. The predicted octanol–water partition coefficient (Wildman–Crippen LogP) is 3.38. The van der Waals surface area contributed by atoms with Gasteiger partial charge in [0.15, 0.2) is 11.6 Å². The minimum absolute atomic E-state index is 0.0418. The molecule has 0 bridgehead atoms. The Morgan fingerprint density at radius 3 is 2.19 bits per heavy atom. The summed E-state index contributed by atoms with van der Waals surface area (Å²) >= 11 is 0. The van der Waals surface area contributed by atoms with Gasteiger partial charge in [0.2, 0.25) is 0 Å². The van der Waals surface area contributed by atoms with E-state index in [-0.39, 0.29) is 11.1 Å². The highest BCUT2D eigenvalue weighted by molar-refractivity contribution is 5.63. The minimum Gasteiger partial charge on any atom is -0.399 e. The van der Waals surface area contributed by atoms with Crippen molar-refractivity contribution in [2.75, 3.05) is 5.73 Å². The summed E-state index contributed by atoms with van der Waals surface area (Å²) in [5, 5.41) is 4.26. The zero-order valence-electron chi connectivity index (χ0n) is 12.3. The quantitative estimate of drug-likeness (QED) is 0.821. The number of nitrogens with two attached hydrogens (primary N) is 1. The number of benzene rings is 1. The maximum absolute atomic E-state index is 12.9. The topological polar surface area (TPSA) is 56.7 Å². The fraction of sp³-hybridized carbons (Fsp3) is 0.429. The van der Waals surface area contributed by atoms with Crippen molar-refractivity contribution in [1.29, 1.82) is 0 Å². The predicted molar refractivity (Wildman–Crippen MR) is 74.6 cm³/mol. The molecule has 0 atom stereocenters. The van der Waals surface area contributed by atoms with Gasteiger partial charge in [-0.1, -0.05) is 20.8 Å². The maximum Gasteiger partial charge on any atom is 0.416 e. The molecule has 1 aromatic heterocycles. The first-order valence-corrected chi connectivity index (χ1v) is 6.38. The summed E-state index contributed by atoms with van der Waals surface area (Å²) in [5.41, 5.74) is 4.84. The molecule has 2 N–H and O–H groups in total. The summed E-state index contributed by atoms with van der Waals surface area (Å²) in [4.78, 5) is 4.34. The summed E-state index contributed by atoms with van der Waals surface area (Å²) in [6.45, 7) is 5.81. The van der Waals surface area contributed by atoms with Crippen LogP contribution in [0.2, 0.25) is 0 Å². The van der Waals surface area contributed by atoms with Gasteiger partial charge in [0.25, 0.3) is 0 Å². The Kier molecular flexibility index (Phi) is 3.47. The van der Waals surface area contributed by atoms with Gasteiger partial charge in [-0.3, -0.25) is 0 Å². The fourth-order valence-corrected chi connectivity index (χ4v) is 1.90. The second kappa shape index (κ2) is 4.75. The van der Waals surface area contributed by atoms with Crippen LogP contribution in [0.3, 0.4) is 0 Å². The minimum atomic E-state index is -4.45. The second-order valence-corrected chi connectivity index (χ2v) is 5.97. The summed E-state index contributed by atoms with van der Waals surface area (Å²) in [6.07, 6.45) is -4.45. The number of rotatable bonds is 1. The molecule has 0 saturated carbocycles. The van der Waals surface area contributed by atoms with Crippen molar-refractivity contribution < 1.29 is 13.2 Å². The molecular formula is C14H17F3N4. The Morgan fingerprint density at radius 1 is 1.10 bits per heavy atom. The molecule has 0 saturated heterocycles. The molecule has 0 fully saturated rings. The lowest BCUT2D eigenvalue weighted by molar-refractivity contribution is -0.137. The van der Waals surface area contributed by atoms with Crippen LogP contribution in [0.1, 0.15) is 32.2 Å². The number of hydrogen-bond donors (Lipinski definition) is 1. The van der Waals surface area contributed by atoms with E-state index >= 15 is 0 Å². The molecule has 2 rings (SSSR count). The lowest BCUT2D eigenvalue weighted by Crippen LogP contribution is -2.13. The van der Waals surface area contributed by atoms with Crippen LogP contribution >= 0.6 is 0 Å². The van der Waals surface area contributed by atoms with Crippen LogP contribution in [-0.2, 0) is 18.6 Å². The highest BCUT2D eigenvalue weighted by Gasteiger charge is 2.31. The van der Waals surface area contributed by atoms with E-state index in [1.807, 2.05) is 20.8 Å². The number of nitrogen functional groups attached to an aromatic ring is 1. The van der Waals surface area contributed by atoms with Crippen molar-refractivity contribution in [3.8, 4) is 11.4 Å². The maximum atomic E-state index is 12.9. The largest absolute Gasteiger partial charge is 0.416 e. The zero-order valence-corrected chi connectivity index (χ0v) is 12.3.